The smallest absolute Gasteiger partial charge is 0.244 e. The molecule has 0 spiro atoms. The van der Waals surface area contributed by atoms with Gasteiger partial charge in [-0.15, -0.1) is 0 Å². The molecular formula is C57H64N22O4. The highest BCUT2D eigenvalue weighted by molar-refractivity contribution is 5.80. The van der Waals surface area contributed by atoms with Crippen LogP contribution in [0.25, 0.3) is 22.3 Å². The average Bonchev–Trinajstić information content (AvgIpc) is 4.57. The molecule has 2 aliphatic carbocycles. The number of likely N-dealkylation sites (N-methyl/N-ethyl adjacent to an activating group) is 1. The summed E-state index contributed by atoms with van der Waals surface area (Å²) in [7, 11) is 1.82. The Hall–Kier alpha value is -9.30. The summed E-state index contributed by atoms with van der Waals surface area (Å²) in [4.78, 5) is 79.0. The fraction of sp³-hybridized carbons (Fsp3) is 0.404. The number of anilines is 2. The zero-order valence-electron chi connectivity index (χ0n) is 46.1. The van der Waals surface area contributed by atoms with Crippen molar-refractivity contribution in [1.82, 2.24) is 100 Å². The van der Waals surface area contributed by atoms with Crippen molar-refractivity contribution < 1.29 is 19.2 Å². The molecule has 4 amide bonds. The molecule has 0 bridgehead atoms. The minimum atomic E-state index is -0.0501. The molecule has 0 unspecified atom stereocenters. The number of rotatable bonds is 14. The topological polar surface area (TPSA) is 291 Å². The van der Waals surface area contributed by atoms with Gasteiger partial charge in [0.15, 0.2) is 0 Å². The number of nitrogens with zero attached hydrogens (tertiary/aromatic N) is 17. The Morgan fingerprint density at radius 1 is 0.566 bits per heavy atom. The fourth-order valence-electron chi connectivity index (χ4n) is 11.8. The highest BCUT2D eigenvalue weighted by Gasteiger charge is 2.30. The number of benzene rings is 2. The molecule has 6 aliphatic rings. The maximum atomic E-state index is 13.2. The Balaban J connectivity index is 0.000000155. The van der Waals surface area contributed by atoms with Crippen LogP contribution >= 0.6 is 0 Å². The molecule has 0 atom stereocenters. The molecule has 2 fully saturated rings. The van der Waals surface area contributed by atoms with E-state index < -0.39 is 0 Å². The Bertz CT molecular complexity index is 3610. The molecular weight excluding hydrogens is 1060 g/mol. The lowest BCUT2D eigenvalue weighted by Gasteiger charge is -2.31. The van der Waals surface area contributed by atoms with E-state index in [-0.39, 0.29) is 48.8 Å². The number of carbonyl (C=O) groups is 4. The fourth-order valence-corrected chi connectivity index (χ4v) is 11.8. The summed E-state index contributed by atoms with van der Waals surface area (Å²) < 4.78 is 3.34. The number of aromatic amines is 2. The average molecular weight is 1120 g/mol. The van der Waals surface area contributed by atoms with Crippen molar-refractivity contribution in [3.63, 3.8) is 0 Å². The van der Waals surface area contributed by atoms with Crippen LogP contribution in [0.3, 0.4) is 0 Å². The molecule has 2 saturated heterocycles. The van der Waals surface area contributed by atoms with Gasteiger partial charge in [-0.2, -0.15) is 41.0 Å². The molecule has 8 aromatic rings. The van der Waals surface area contributed by atoms with Crippen LogP contribution in [0.2, 0.25) is 0 Å². The standard InChI is InChI=1S/C29H33N11O2.C28H31N11O2/c1-37-8-9-38(17-27(37)41)15-25-23(14-40(35-25)18-28(42)39-7-6-24-26(16-39)34-36-33-24)21-12-30-29(31-13-21)32-22-10-19-4-2-3-5-20(19)11-22;40-26-13-29-6-8-38(26)15-24-22(14-39(35-24)17-27(41)37-7-5-23-25(16-37)34-36-33-23)20-11-30-28(31-12-20)32-21-9-18-3-1-2-4-19(18)10-21/h2-5,12-14,22H,6-11,15-18H2,1H3,(H,30,31,32)(H,33,34,36);1-4,11-12,14,21,29H,5-10,13,15-17H2,(H,30,31,32)(H,33,34,36). The first-order chi connectivity index (χ1) is 40.6. The molecule has 5 N–H and O–H groups in total. The van der Waals surface area contributed by atoms with Gasteiger partial charge < -0.3 is 35.6 Å². The van der Waals surface area contributed by atoms with E-state index in [1.807, 2.05) is 19.4 Å². The normalized spacial score (nSPS) is 17.2. The molecule has 83 heavy (non-hydrogen) atoms. The summed E-state index contributed by atoms with van der Waals surface area (Å²) in [6.07, 6.45) is 16.0. The molecule has 14 rings (SSSR count). The number of piperazine rings is 2. The predicted molar refractivity (Wildman–Crippen MR) is 301 cm³/mol. The number of H-pyrrole nitrogens is 2. The van der Waals surface area contributed by atoms with E-state index in [9.17, 15) is 19.2 Å². The van der Waals surface area contributed by atoms with Crippen LogP contribution < -0.4 is 16.0 Å². The summed E-state index contributed by atoms with van der Waals surface area (Å²) in [5.74, 6) is 1.19. The molecule has 4 aliphatic heterocycles. The Labute approximate surface area is 477 Å². The van der Waals surface area contributed by atoms with Crippen LogP contribution in [0.5, 0.6) is 0 Å². The summed E-state index contributed by atoms with van der Waals surface area (Å²) in [6.45, 7) is 6.45. The van der Waals surface area contributed by atoms with Gasteiger partial charge in [0.1, 0.15) is 24.5 Å². The van der Waals surface area contributed by atoms with Gasteiger partial charge in [-0.3, -0.25) is 33.4 Å². The third kappa shape index (κ3) is 11.9. The lowest BCUT2D eigenvalue weighted by atomic mass is 10.1. The number of hydrogen-bond acceptors (Lipinski definition) is 18. The highest BCUT2D eigenvalue weighted by atomic mass is 16.2. The minimum Gasteiger partial charge on any atom is -0.351 e. The molecule has 26 nitrogen and oxygen atoms in total. The number of aromatic nitrogens is 14. The largest absolute Gasteiger partial charge is 0.351 e. The van der Waals surface area contributed by atoms with E-state index >= 15 is 0 Å². The van der Waals surface area contributed by atoms with Crippen molar-refractivity contribution in [3.05, 3.63) is 142 Å². The van der Waals surface area contributed by atoms with E-state index in [4.69, 9.17) is 10.2 Å². The number of hydrogen-bond donors (Lipinski definition) is 5. The van der Waals surface area contributed by atoms with Crippen molar-refractivity contribution in [2.75, 3.05) is 70.0 Å². The van der Waals surface area contributed by atoms with Gasteiger partial charge in [0.05, 0.1) is 55.5 Å². The SMILES string of the molecule is CN1CCN(Cc2nn(CC(=O)N3CCc4n[nH]nc4C3)cc2-c2cnc(NC3Cc4ccccc4C3)nc2)CC1=O.O=C1CNCCN1Cc1nn(CC(=O)N2CCc3n[nH]nc3C2)cc1-c1cnc(NC2Cc3ccccc3C2)nc1. The van der Waals surface area contributed by atoms with Gasteiger partial charge in [0.2, 0.25) is 35.5 Å². The van der Waals surface area contributed by atoms with Gasteiger partial charge in [-0.1, -0.05) is 48.5 Å². The van der Waals surface area contributed by atoms with Crippen molar-refractivity contribution >= 4 is 35.5 Å². The van der Waals surface area contributed by atoms with E-state index in [1.54, 1.807) is 53.8 Å². The summed E-state index contributed by atoms with van der Waals surface area (Å²) in [5, 5.41) is 41.5. The van der Waals surface area contributed by atoms with Crippen molar-refractivity contribution in [2.24, 2.45) is 0 Å². The first-order valence-corrected chi connectivity index (χ1v) is 28.3. The number of amides is 4. The van der Waals surface area contributed by atoms with Crippen LogP contribution in [0.15, 0.2) is 85.7 Å². The Kier molecular flexibility index (Phi) is 14.9. The minimum absolute atomic E-state index is 0.0258. The lowest BCUT2D eigenvalue weighted by molar-refractivity contribution is -0.135. The maximum absolute atomic E-state index is 13.2. The van der Waals surface area contributed by atoms with Gasteiger partial charge in [0, 0.05) is 137 Å². The van der Waals surface area contributed by atoms with Gasteiger partial charge in [-0.05, 0) is 47.9 Å². The third-order valence-electron chi connectivity index (χ3n) is 16.4. The maximum Gasteiger partial charge on any atom is 0.244 e. The summed E-state index contributed by atoms with van der Waals surface area (Å²) >= 11 is 0. The predicted octanol–water partition coefficient (Wildman–Crippen LogP) is 1.45. The molecule has 10 heterocycles. The Morgan fingerprint density at radius 3 is 1.51 bits per heavy atom. The summed E-state index contributed by atoms with van der Waals surface area (Å²) in [5.41, 5.74) is 13.7. The summed E-state index contributed by atoms with van der Waals surface area (Å²) in [6, 6.07) is 17.5. The Morgan fingerprint density at radius 2 is 1.04 bits per heavy atom. The van der Waals surface area contributed by atoms with Crippen molar-refractivity contribution in [2.45, 2.75) is 89.9 Å². The lowest BCUT2D eigenvalue weighted by Crippen LogP contribution is -2.48. The molecule has 0 radical (unpaired) electrons. The number of fused-ring (bicyclic) bond motifs is 4. The second-order valence-electron chi connectivity index (χ2n) is 22.1. The highest BCUT2D eigenvalue weighted by Crippen LogP contribution is 2.29. The third-order valence-corrected chi connectivity index (χ3v) is 16.4. The van der Waals surface area contributed by atoms with Crippen LogP contribution in [-0.4, -0.2) is 190 Å². The zero-order valence-corrected chi connectivity index (χ0v) is 46.1. The van der Waals surface area contributed by atoms with Crippen LogP contribution in [0, 0.1) is 0 Å². The van der Waals surface area contributed by atoms with Crippen molar-refractivity contribution in [3.8, 4) is 22.3 Å². The molecule has 0 saturated carbocycles. The molecule has 2 aromatic carbocycles. The molecule has 6 aromatic heterocycles. The molecule has 426 valence electrons. The van der Waals surface area contributed by atoms with E-state index in [0.29, 0.717) is 95.9 Å². The second-order valence-corrected chi connectivity index (χ2v) is 22.1. The van der Waals surface area contributed by atoms with E-state index in [2.05, 4.69) is 120 Å². The first-order valence-electron chi connectivity index (χ1n) is 28.3. The van der Waals surface area contributed by atoms with Crippen LogP contribution in [0.1, 0.15) is 56.4 Å². The quantitative estimate of drug-likeness (QED) is 0.103. The monoisotopic (exact) mass is 1120 g/mol. The van der Waals surface area contributed by atoms with Crippen molar-refractivity contribution in [1.29, 1.82) is 0 Å². The molecule has 26 heteroatoms. The zero-order chi connectivity index (χ0) is 56.4. The van der Waals surface area contributed by atoms with Gasteiger partial charge in [0.25, 0.3) is 0 Å². The number of carbonyl (C=O) groups excluding carboxylic acids is 4. The van der Waals surface area contributed by atoms with Gasteiger partial charge >= 0.3 is 0 Å². The second kappa shape index (κ2) is 23.3. The van der Waals surface area contributed by atoms with Crippen LogP contribution in [-0.2, 0) is 97.0 Å². The van der Waals surface area contributed by atoms with Crippen LogP contribution in [0.4, 0.5) is 11.9 Å². The van der Waals surface area contributed by atoms with Gasteiger partial charge in [-0.25, -0.2) is 19.9 Å². The number of nitrogens with one attached hydrogen (secondary N) is 5. The first kappa shape index (κ1) is 53.0. The van der Waals surface area contributed by atoms with E-state index in [1.165, 1.54) is 22.3 Å². The van der Waals surface area contributed by atoms with E-state index in [0.717, 1.165) is 89.5 Å².